The van der Waals surface area contributed by atoms with Crippen molar-refractivity contribution >= 4 is 17.7 Å². The van der Waals surface area contributed by atoms with E-state index in [1.54, 1.807) is 0 Å². The number of nitrogens with zero attached hydrogens (tertiary/aromatic N) is 5. The van der Waals surface area contributed by atoms with Crippen molar-refractivity contribution in [2.75, 3.05) is 0 Å². The average molecular weight is 335 g/mol. The fourth-order valence-corrected chi connectivity index (χ4v) is 4.52. The van der Waals surface area contributed by atoms with Gasteiger partial charge in [-0.15, -0.1) is 5.10 Å². The Morgan fingerprint density at radius 2 is 1.83 bits per heavy atom. The van der Waals surface area contributed by atoms with Crippen LogP contribution >= 0.6 is 11.8 Å². The smallest absolute Gasteiger partial charge is 0.236 e. The molecule has 3 aliphatic rings. The Balaban J connectivity index is 1.44. The third-order valence-electron chi connectivity index (χ3n) is 5.15. The Morgan fingerprint density at radius 1 is 1.13 bits per heavy atom. The van der Waals surface area contributed by atoms with Gasteiger partial charge in [0.25, 0.3) is 0 Å². The number of thioether (sulfide) groups is 1. The second-order valence-corrected chi connectivity index (χ2v) is 8.47. The van der Waals surface area contributed by atoms with Crippen LogP contribution in [0.3, 0.4) is 0 Å². The monoisotopic (exact) mass is 335 g/mol. The van der Waals surface area contributed by atoms with Gasteiger partial charge in [0.05, 0.1) is 11.3 Å². The van der Waals surface area contributed by atoms with Gasteiger partial charge in [-0.2, -0.15) is 0 Å². The highest BCUT2D eigenvalue weighted by Crippen LogP contribution is 2.39. The summed E-state index contributed by atoms with van der Waals surface area (Å²) in [4.78, 5) is 15.3. The van der Waals surface area contributed by atoms with Gasteiger partial charge in [-0.3, -0.25) is 4.79 Å². The lowest BCUT2D eigenvalue weighted by Gasteiger charge is -2.36. The first kappa shape index (κ1) is 15.4. The van der Waals surface area contributed by atoms with E-state index in [2.05, 4.69) is 20.4 Å². The largest absolute Gasteiger partial charge is 0.336 e. The zero-order valence-electron chi connectivity index (χ0n) is 13.7. The van der Waals surface area contributed by atoms with Gasteiger partial charge >= 0.3 is 0 Å². The first-order valence-corrected chi connectivity index (χ1v) is 9.88. The fourth-order valence-electron chi connectivity index (χ4n) is 3.60. The molecule has 4 rings (SSSR count). The van der Waals surface area contributed by atoms with E-state index < -0.39 is 0 Å². The summed E-state index contributed by atoms with van der Waals surface area (Å²) >= 11 is 1.53. The van der Waals surface area contributed by atoms with Crippen molar-refractivity contribution in [3.05, 3.63) is 0 Å². The number of carbonyl (C=O) groups is 1. The van der Waals surface area contributed by atoms with Crippen molar-refractivity contribution < 1.29 is 4.79 Å². The van der Waals surface area contributed by atoms with Crippen LogP contribution in [0.2, 0.25) is 0 Å². The number of amides is 1. The molecular weight excluding hydrogens is 310 g/mol. The van der Waals surface area contributed by atoms with Crippen molar-refractivity contribution in [1.29, 1.82) is 0 Å². The zero-order chi connectivity index (χ0) is 15.8. The zero-order valence-corrected chi connectivity index (χ0v) is 14.5. The van der Waals surface area contributed by atoms with Crippen LogP contribution in [0, 0.1) is 0 Å². The van der Waals surface area contributed by atoms with Gasteiger partial charge in [-0.1, -0.05) is 31.0 Å². The molecule has 126 valence electrons. The highest BCUT2D eigenvalue weighted by Gasteiger charge is 2.40. The molecule has 0 aromatic carbocycles. The summed E-state index contributed by atoms with van der Waals surface area (Å²) in [6.45, 7) is 2.01. The molecule has 1 heterocycles. The van der Waals surface area contributed by atoms with E-state index in [1.165, 1.54) is 56.7 Å². The van der Waals surface area contributed by atoms with Crippen molar-refractivity contribution in [1.82, 2.24) is 25.1 Å². The molecule has 0 spiro atoms. The maximum absolute atomic E-state index is 13.1. The number of hydrogen-bond acceptors (Lipinski definition) is 5. The molecule has 3 aliphatic carbocycles. The minimum Gasteiger partial charge on any atom is -0.336 e. The van der Waals surface area contributed by atoms with Gasteiger partial charge in [-0.05, 0) is 55.9 Å². The maximum atomic E-state index is 13.1. The van der Waals surface area contributed by atoms with E-state index in [4.69, 9.17) is 0 Å². The SMILES string of the molecule is CC(Sc1nnnn1C1CC1)C(=O)N(C1CCCCC1)C1CC1. The summed E-state index contributed by atoms with van der Waals surface area (Å²) in [5, 5.41) is 12.7. The Hall–Kier alpha value is -1.11. The van der Waals surface area contributed by atoms with Crippen molar-refractivity contribution in [2.24, 2.45) is 0 Å². The summed E-state index contributed by atoms with van der Waals surface area (Å²) in [6, 6.07) is 1.41. The second kappa shape index (κ2) is 6.42. The third-order valence-corrected chi connectivity index (χ3v) is 6.18. The van der Waals surface area contributed by atoms with Crippen LogP contribution in [0.1, 0.15) is 70.8 Å². The van der Waals surface area contributed by atoms with Crippen LogP contribution in [0.4, 0.5) is 0 Å². The molecule has 0 aliphatic heterocycles. The number of rotatable bonds is 6. The minimum absolute atomic E-state index is 0.110. The predicted molar refractivity (Wildman–Crippen MR) is 88.1 cm³/mol. The molecule has 23 heavy (non-hydrogen) atoms. The van der Waals surface area contributed by atoms with Crippen LogP contribution < -0.4 is 0 Å². The number of aromatic nitrogens is 4. The third kappa shape index (κ3) is 3.39. The second-order valence-electron chi connectivity index (χ2n) is 7.17. The van der Waals surface area contributed by atoms with E-state index in [-0.39, 0.29) is 11.2 Å². The van der Waals surface area contributed by atoms with Crippen LogP contribution in [-0.4, -0.2) is 48.3 Å². The number of hydrogen-bond donors (Lipinski definition) is 0. The van der Waals surface area contributed by atoms with E-state index >= 15 is 0 Å². The molecule has 3 fully saturated rings. The summed E-state index contributed by atoms with van der Waals surface area (Å²) in [5.41, 5.74) is 0. The van der Waals surface area contributed by atoms with Gasteiger partial charge in [0, 0.05) is 12.1 Å². The van der Waals surface area contributed by atoms with Crippen LogP contribution in [0.5, 0.6) is 0 Å². The van der Waals surface area contributed by atoms with Crippen LogP contribution in [0.25, 0.3) is 0 Å². The molecule has 1 unspecified atom stereocenters. The minimum atomic E-state index is -0.110. The van der Waals surface area contributed by atoms with Gasteiger partial charge in [0.15, 0.2) is 0 Å². The lowest BCUT2D eigenvalue weighted by molar-refractivity contribution is -0.134. The van der Waals surface area contributed by atoms with Gasteiger partial charge in [0.1, 0.15) is 0 Å². The maximum Gasteiger partial charge on any atom is 0.236 e. The van der Waals surface area contributed by atoms with Crippen LogP contribution in [-0.2, 0) is 4.79 Å². The molecule has 6 nitrogen and oxygen atoms in total. The van der Waals surface area contributed by atoms with E-state index in [0.29, 0.717) is 18.1 Å². The Kier molecular flexibility index (Phi) is 4.30. The normalized spacial score (nSPS) is 23.7. The topological polar surface area (TPSA) is 63.9 Å². The lowest BCUT2D eigenvalue weighted by atomic mass is 9.94. The van der Waals surface area contributed by atoms with Crippen molar-refractivity contribution in [3.8, 4) is 0 Å². The molecule has 1 amide bonds. The summed E-state index contributed by atoms with van der Waals surface area (Å²) in [5.74, 6) is 0.287. The summed E-state index contributed by atoms with van der Waals surface area (Å²) < 4.78 is 1.90. The summed E-state index contributed by atoms with van der Waals surface area (Å²) in [6.07, 6.45) is 10.9. The lowest BCUT2D eigenvalue weighted by Crippen LogP contribution is -2.46. The van der Waals surface area contributed by atoms with Gasteiger partial charge in [-0.25, -0.2) is 4.68 Å². The molecular formula is C16H25N5OS. The molecule has 0 radical (unpaired) electrons. The number of tetrazole rings is 1. The molecule has 0 N–H and O–H groups in total. The molecule has 3 saturated carbocycles. The summed E-state index contributed by atoms with van der Waals surface area (Å²) in [7, 11) is 0. The quantitative estimate of drug-likeness (QED) is 0.748. The van der Waals surface area contributed by atoms with Gasteiger partial charge < -0.3 is 4.90 Å². The highest BCUT2D eigenvalue weighted by molar-refractivity contribution is 8.00. The van der Waals surface area contributed by atoms with E-state index in [1.807, 2.05) is 11.6 Å². The Morgan fingerprint density at radius 3 is 2.48 bits per heavy atom. The van der Waals surface area contributed by atoms with Gasteiger partial charge in [0.2, 0.25) is 11.1 Å². The fraction of sp³-hybridized carbons (Fsp3) is 0.875. The number of carbonyl (C=O) groups excluding carboxylic acids is 1. The molecule has 0 bridgehead atoms. The molecule has 0 saturated heterocycles. The highest BCUT2D eigenvalue weighted by atomic mass is 32.2. The predicted octanol–water partition coefficient (Wildman–Crippen LogP) is 2.81. The molecule has 7 heteroatoms. The molecule has 1 aromatic rings. The van der Waals surface area contributed by atoms with Crippen molar-refractivity contribution in [3.63, 3.8) is 0 Å². The average Bonchev–Trinajstić information content (AvgIpc) is 3.49. The van der Waals surface area contributed by atoms with E-state index in [0.717, 1.165) is 18.0 Å². The Labute approximate surface area is 141 Å². The molecule has 1 atom stereocenters. The van der Waals surface area contributed by atoms with Crippen molar-refractivity contribution in [2.45, 2.75) is 93.2 Å². The molecule has 1 aromatic heterocycles. The van der Waals surface area contributed by atoms with E-state index in [9.17, 15) is 4.79 Å². The van der Waals surface area contributed by atoms with Crippen LogP contribution in [0.15, 0.2) is 5.16 Å². The first-order valence-electron chi connectivity index (χ1n) is 9.00. The standard InChI is InChI=1S/C16H25N5OS/c1-11(23-16-17-18-19-21(16)14-9-10-14)15(22)20(13-7-8-13)12-5-3-2-4-6-12/h11-14H,2-10H2,1H3. The first-order chi connectivity index (χ1) is 11.2. The Bertz CT molecular complexity index is 563.